The van der Waals surface area contributed by atoms with Gasteiger partial charge in [-0.3, -0.25) is 0 Å². The van der Waals surface area contributed by atoms with Gasteiger partial charge in [-0.25, -0.2) is 12.4 Å². The maximum atomic E-state index is 13.5. The second-order valence-corrected chi connectivity index (χ2v) is 9.92. The summed E-state index contributed by atoms with van der Waals surface area (Å²) in [5, 5.41) is 14.4. The van der Waals surface area contributed by atoms with Gasteiger partial charge in [0.1, 0.15) is 0 Å². The van der Waals surface area contributed by atoms with Crippen molar-refractivity contribution in [3.8, 4) is 0 Å². The highest BCUT2D eigenvalue weighted by molar-refractivity contribution is 7.90. The molecule has 6 heteroatoms. The molecule has 1 heterocycles. The van der Waals surface area contributed by atoms with Crippen LogP contribution in [0.1, 0.15) is 35.2 Å². The van der Waals surface area contributed by atoms with E-state index in [2.05, 4.69) is 11.9 Å². The van der Waals surface area contributed by atoms with E-state index >= 15 is 0 Å². The quantitative estimate of drug-likeness (QED) is 0.340. The second kappa shape index (κ2) is 9.75. The van der Waals surface area contributed by atoms with Gasteiger partial charge < -0.3 is 10.4 Å². The van der Waals surface area contributed by atoms with Gasteiger partial charge in [0.15, 0.2) is 0 Å². The summed E-state index contributed by atoms with van der Waals surface area (Å²) in [5.41, 5.74) is 3.42. The van der Waals surface area contributed by atoms with Gasteiger partial charge in [0.05, 0.1) is 23.1 Å². The Labute approximate surface area is 195 Å². The van der Waals surface area contributed by atoms with E-state index < -0.39 is 10.0 Å². The fourth-order valence-corrected chi connectivity index (χ4v) is 5.49. The first-order valence-corrected chi connectivity index (χ1v) is 12.3. The summed E-state index contributed by atoms with van der Waals surface area (Å²) in [6.45, 7) is 5.74. The Hall–Kier alpha value is -3.19. The summed E-state index contributed by atoms with van der Waals surface area (Å²) in [7, 11) is -3.78. The number of rotatable bonds is 9. The highest BCUT2D eigenvalue weighted by atomic mass is 32.2. The molecule has 3 aromatic carbocycles. The maximum Gasteiger partial charge on any atom is 0.268 e. The van der Waals surface area contributed by atoms with Crippen LogP contribution in [0.15, 0.2) is 103 Å². The molecule has 33 heavy (non-hydrogen) atoms. The summed E-state index contributed by atoms with van der Waals surface area (Å²) in [5.74, 6) is 0. The van der Waals surface area contributed by atoms with Gasteiger partial charge in [-0.05, 0) is 42.7 Å². The number of hydrogen-bond donors (Lipinski definition) is 2. The SMILES string of the molecule is C=CC[C@@H](N[C@@H](CO)c1ccccc1)c1cn(S(=O)(=O)c2ccc(C)cc2)c2ccccc12. The van der Waals surface area contributed by atoms with Crippen LogP contribution >= 0.6 is 0 Å². The van der Waals surface area contributed by atoms with Crippen molar-refractivity contribution in [2.45, 2.75) is 30.3 Å². The predicted molar refractivity (Wildman–Crippen MR) is 133 cm³/mol. The Balaban J connectivity index is 1.81. The minimum atomic E-state index is -3.78. The Morgan fingerprint density at radius 2 is 1.64 bits per heavy atom. The molecule has 1 aromatic heterocycles. The summed E-state index contributed by atoms with van der Waals surface area (Å²) in [4.78, 5) is 0.242. The number of para-hydroxylation sites is 1. The molecule has 0 aliphatic rings. The van der Waals surface area contributed by atoms with Crippen LogP contribution in [0, 0.1) is 6.92 Å². The number of hydrogen-bond acceptors (Lipinski definition) is 4. The van der Waals surface area contributed by atoms with E-state index in [1.807, 2.05) is 61.5 Å². The molecule has 2 N–H and O–H groups in total. The maximum absolute atomic E-state index is 13.5. The smallest absolute Gasteiger partial charge is 0.268 e. The number of fused-ring (bicyclic) bond motifs is 1. The number of aromatic nitrogens is 1. The van der Waals surface area contributed by atoms with Gasteiger partial charge in [0, 0.05) is 17.6 Å². The molecule has 0 fully saturated rings. The van der Waals surface area contributed by atoms with Gasteiger partial charge in [-0.15, -0.1) is 6.58 Å². The van der Waals surface area contributed by atoms with Crippen molar-refractivity contribution in [2.24, 2.45) is 0 Å². The molecule has 170 valence electrons. The van der Waals surface area contributed by atoms with Crippen molar-refractivity contribution in [1.82, 2.24) is 9.29 Å². The topological polar surface area (TPSA) is 71.3 Å². The van der Waals surface area contributed by atoms with E-state index in [0.29, 0.717) is 11.9 Å². The predicted octanol–water partition coefficient (Wildman–Crippen LogP) is 5.13. The number of benzene rings is 3. The molecular formula is C27H28N2O3S. The van der Waals surface area contributed by atoms with Crippen LogP contribution < -0.4 is 5.32 Å². The van der Waals surface area contributed by atoms with Crippen molar-refractivity contribution in [2.75, 3.05) is 6.61 Å². The normalized spacial score (nSPS) is 13.6. The summed E-state index contributed by atoms with van der Waals surface area (Å²) in [6, 6.07) is 23.5. The number of nitrogens with one attached hydrogen (secondary N) is 1. The van der Waals surface area contributed by atoms with Crippen molar-refractivity contribution < 1.29 is 13.5 Å². The van der Waals surface area contributed by atoms with Gasteiger partial charge in [0.2, 0.25) is 0 Å². The zero-order valence-electron chi connectivity index (χ0n) is 18.6. The van der Waals surface area contributed by atoms with Crippen molar-refractivity contribution in [3.63, 3.8) is 0 Å². The Kier molecular flexibility index (Phi) is 6.79. The summed E-state index contributed by atoms with van der Waals surface area (Å²) >= 11 is 0. The van der Waals surface area contributed by atoms with Gasteiger partial charge in [-0.2, -0.15) is 0 Å². The fourth-order valence-electron chi connectivity index (χ4n) is 4.11. The van der Waals surface area contributed by atoms with E-state index in [4.69, 9.17) is 0 Å². The Morgan fingerprint density at radius 3 is 2.30 bits per heavy atom. The minimum absolute atomic E-state index is 0.0854. The van der Waals surface area contributed by atoms with E-state index in [1.165, 1.54) is 3.97 Å². The highest BCUT2D eigenvalue weighted by Crippen LogP contribution is 2.33. The van der Waals surface area contributed by atoms with Crippen LogP contribution in [-0.4, -0.2) is 24.1 Å². The van der Waals surface area contributed by atoms with Crippen LogP contribution in [-0.2, 0) is 10.0 Å². The first-order valence-electron chi connectivity index (χ1n) is 10.9. The molecule has 5 nitrogen and oxygen atoms in total. The molecule has 0 unspecified atom stereocenters. The monoisotopic (exact) mass is 460 g/mol. The molecule has 0 amide bonds. The molecule has 2 atom stereocenters. The molecule has 0 spiro atoms. The molecule has 0 aliphatic heterocycles. The third-order valence-corrected chi connectivity index (χ3v) is 7.54. The number of aryl methyl sites for hydroxylation is 1. The van der Waals surface area contributed by atoms with E-state index in [1.54, 1.807) is 36.5 Å². The third-order valence-electron chi connectivity index (χ3n) is 5.85. The molecular weight excluding hydrogens is 432 g/mol. The van der Waals surface area contributed by atoms with Crippen LogP contribution in [0.2, 0.25) is 0 Å². The van der Waals surface area contributed by atoms with Crippen LogP contribution in [0.3, 0.4) is 0 Å². The molecule has 4 aromatic rings. The Morgan fingerprint density at radius 1 is 0.970 bits per heavy atom. The van der Waals surface area contributed by atoms with E-state index in [9.17, 15) is 13.5 Å². The molecule has 0 aliphatic carbocycles. The van der Waals surface area contributed by atoms with Gasteiger partial charge in [0.25, 0.3) is 10.0 Å². The average Bonchev–Trinajstić information content (AvgIpc) is 3.23. The third kappa shape index (κ3) is 4.64. The average molecular weight is 461 g/mol. The van der Waals surface area contributed by atoms with Crippen molar-refractivity contribution in [1.29, 1.82) is 0 Å². The number of aliphatic hydroxyl groups excluding tert-OH is 1. The lowest BCUT2D eigenvalue weighted by Crippen LogP contribution is -2.28. The van der Waals surface area contributed by atoms with Gasteiger partial charge >= 0.3 is 0 Å². The minimum Gasteiger partial charge on any atom is -0.394 e. The highest BCUT2D eigenvalue weighted by Gasteiger charge is 2.25. The van der Waals surface area contributed by atoms with Crippen LogP contribution in [0.4, 0.5) is 0 Å². The zero-order valence-corrected chi connectivity index (χ0v) is 19.4. The fraction of sp³-hybridized carbons (Fsp3) is 0.185. The van der Waals surface area contributed by atoms with Crippen molar-refractivity contribution >= 4 is 20.9 Å². The first-order chi connectivity index (χ1) is 16.0. The molecule has 0 saturated heterocycles. The lowest BCUT2D eigenvalue weighted by Gasteiger charge is -2.24. The number of aliphatic hydroxyl groups is 1. The standard InChI is InChI=1S/C27H28N2O3S/c1-3-9-25(28-26(19-30)21-10-5-4-6-11-21)24-18-29(27-13-8-7-12-23(24)27)33(31,32)22-16-14-20(2)15-17-22/h3-8,10-18,25-26,28,30H,1,9,19H2,2H3/t25-,26+/m1/s1. The first kappa shape index (κ1) is 23.0. The molecule has 0 radical (unpaired) electrons. The molecule has 4 rings (SSSR count). The molecule has 0 saturated carbocycles. The second-order valence-electron chi connectivity index (χ2n) is 8.10. The Bertz CT molecular complexity index is 1340. The largest absolute Gasteiger partial charge is 0.394 e. The van der Waals surface area contributed by atoms with E-state index in [0.717, 1.165) is 22.1 Å². The zero-order chi connectivity index (χ0) is 23.4. The number of nitrogens with zero attached hydrogens (tertiary/aromatic N) is 1. The molecule has 0 bridgehead atoms. The van der Waals surface area contributed by atoms with Crippen LogP contribution in [0.25, 0.3) is 10.9 Å². The van der Waals surface area contributed by atoms with Crippen LogP contribution in [0.5, 0.6) is 0 Å². The summed E-state index contributed by atoms with van der Waals surface area (Å²) in [6.07, 6.45) is 4.07. The summed E-state index contributed by atoms with van der Waals surface area (Å²) < 4.78 is 28.4. The van der Waals surface area contributed by atoms with Gasteiger partial charge in [-0.1, -0.05) is 72.3 Å². The van der Waals surface area contributed by atoms with Crippen molar-refractivity contribution in [3.05, 3.63) is 114 Å². The lowest BCUT2D eigenvalue weighted by molar-refractivity contribution is 0.233. The lowest BCUT2D eigenvalue weighted by atomic mass is 9.99. The van der Waals surface area contributed by atoms with E-state index in [-0.39, 0.29) is 23.6 Å².